The Labute approximate surface area is 211 Å². The first-order chi connectivity index (χ1) is 17.4. The van der Waals surface area contributed by atoms with Crippen LogP contribution < -0.4 is 0 Å². The Balaban J connectivity index is 1.39. The number of ether oxygens (including phenoxy) is 1. The molecule has 0 saturated carbocycles. The standard InChI is InChI=1S/C29H31N3O4/c1-21-26(30-28(36-21)25-9-5-4-6-10-25)15-18-32(22(2)33)20-24-13-11-23(12-14-24)19-27(29(34)35-3)31-16-7-8-17-31/h4-14,16-17,27H,15,18-20H2,1-3H3. The Morgan fingerprint density at radius 3 is 2.31 bits per heavy atom. The molecule has 2 heterocycles. The Morgan fingerprint density at radius 2 is 1.67 bits per heavy atom. The van der Waals surface area contributed by atoms with Gasteiger partial charge in [-0.25, -0.2) is 9.78 Å². The lowest BCUT2D eigenvalue weighted by Gasteiger charge is -2.21. The maximum atomic E-state index is 12.4. The maximum absolute atomic E-state index is 12.4. The SMILES string of the molecule is COC(=O)C(Cc1ccc(CN(CCc2nc(-c3ccccc3)oc2C)C(C)=O)cc1)n1cccc1. The first kappa shape index (κ1) is 25.0. The van der Waals surface area contributed by atoms with Crippen molar-refractivity contribution in [1.82, 2.24) is 14.5 Å². The minimum atomic E-state index is -0.420. The lowest BCUT2D eigenvalue weighted by atomic mass is 10.0. The number of benzene rings is 2. The fourth-order valence-corrected chi connectivity index (χ4v) is 4.18. The summed E-state index contributed by atoms with van der Waals surface area (Å²) in [5.74, 6) is 1.08. The van der Waals surface area contributed by atoms with Crippen molar-refractivity contribution >= 4 is 11.9 Å². The predicted octanol–water partition coefficient (Wildman–Crippen LogP) is 5.00. The Morgan fingerprint density at radius 1 is 1.00 bits per heavy atom. The van der Waals surface area contributed by atoms with Gasteiger partial charge in [0.05, 0.1) is 12.8 Å². The van der Waals surface area contributed by atoms with Gasteiger partial charge in [-0.2, -0.15) is 0 Å². The molecule has 0 aliphatic carbocycles. The number of carbonyl (C=O) groups is 2. The van der Waals surface area contributed by atoms with Gasteiger partial charge in [-0.15, -0.1) is 0 Å². The van der Waals surface area contributed by atoms with Crippen molar-refractivity contribution in [3.8, 4) is 11.5 Å². The van der Waals surface area contributed by atoms with Gasteiger partial charge in [0.25, 0.3) is 0 Å². The number of rotatable bonds is 10. The van der Waals surface area contributed by atoms with E-state index in [-0.39, 0.29) is 11.9 Å². The summed E-state index contributed by atoms with van der Waals surface area (Å²) >= 11 is 0. The van der Waals surface area contributed by atoms with Gasteiger partial charge < -0.3 is 18.6 Å². The highest BCUT2D eigenvalue weighted by molar-refractivity contribution is 5.74. The third kappa shape index (κ3) is 6.10. The summed E-state index contributed by atoms with van der Waals surface area (Å²) in [4.78, 5) is 31.1. The molecular formula is C29H31N3O4. The summed E-state index contributed by atoms with van der Waals surface area (Å²) < 4.78 is 12.7. The fourth-order valence-electron chi connectivity index (χ4n) is 4.18. The lowest BCUT2D eigenvalue weighted by molar-refractivity contribution is -0.144. The van der Waals surface area contributed by atoms with E-state index >= 15 is 0 Å². The number of aromatic nitrogens is 2. The molecule has 0 saturated heterocycles. The second-order valence-electron chi connectivity index (χ2n) is 8.77. The highest BCUT2D eigenvalue weighted by Crippen LogP contribution is 2.22. The Hall–Kier alpha value is -4.13. The number of hydrogen-bond acceptors (Lipinski definition) is 5. The van der Waals surface area contributed by atoms with E-state index in [0.29, 0.717) is 31.8 Å². The van der Waals surface area contributed by atoms with E-state index in [0.717, 1.165) is 28.1 Å². The molecule has 2 aromatic heterocycles. The quantitative estimate of drug-likeness (QED) is 0.296. The predicted molar refractivity (Wildman–Crippen MR) is 137 cm³/mol. The Bertz CT molecular complexity index is 1280. The molecule has 1 unspecified atom stereocenters. The molecule has 0 bridgehead atoms. The van der Waals surface area contributed by atoms with Crippen LogP contribution in [0, 0.1) is 6.92 Å². The topological polar surface area (TPSA) is 77.6 Å². The number of methoxy groups -OCH3 is 1. The van der Waals surface area contributed by atoms with Crippen molar-refractivity contribution in [2.24, 2.45) is 0 Å². The van der Waals surface area contributed by atoms with Crippen molar-refractivity contribution in [3.63, 3.8) is 0 Å². The zero-order valence-electron chi connectivity index (χ0n) is 20.9. The van der Waals surface area contributed by atoms with Crippen LogP contribution in [-0.2, 0) is 33.7 Å². The third-order valence-electron chi connectivity index (χ3n) is 6.26. The van der Waals surface area contributed by atoms with Crippen LogP contribution >= 0.6 is 0 Å². The molecule has 0 spiro atoms. The Kier molecular flexibility index (Phi) is 8.00. The van der Waals surface area contributed by atoms with Crippen LogP contribution in [-0.4, -0.2) is 40.0 Å². The second kappa shape index (κ2) is 11.5. The first-order valence-corrected chi connectivity index (χ1v) is 12.0. The largest absolute Gasteiger partial charge is 0.467 e. The number of esters is 1. The normalized spacial score (nSPS) is 11.8. The molecular weight excluding hydrogens is 454 g/mol. The van der Waals surface area contributed by atoms with E-state index in [2.05, 4.69) is 4.98 Å². The highest BCUT2D eigenvalue weighted by atomic mass is 16.5. The fraction of sp³-hybridized carbons (Fsp3) is 0.276. The van der Waals surface area contributed by atoms with Gasteiger partial charge in [0, 0.05) is 50.8 Å². The number of hydrogen-bond donors (Lipinski definition) is 0. The average Bonchev–Trinajstić information content (AvgIpc) is 3.56. The summed E-state index contributed by atoms with van der Waals surface area (Å²) in [6.07, 6.45) is 4.85. The number of nitrogens with zero attached hydrogens (tertiary/aromatic N) is 3. The van der Waals surface area contributed by atoms with Crippen molar-refractivity contribution in [2.75, 3.05) is 13.7 Å². The van der Waals surface area contributed by atoms with Crippen LogP contribution in [0.3, 0.4) is 0 Å². The first-order valence-electron chi connectivity index (χ1n) is 12.0. The number of oxazole rings is 1. The molecule has 0 N–H and O–H groups in total. The molecule has 7 heteroatoms. The van der Waals surface area contributed by atoms with Crippen LogP contribution in [0.1, 0.15) is 35.5 Å². The minimum absolute atomic E-state index is 0.00173. The van der Waals surface area contributed by atoms with E-state index in [9.17, 15) is 9.59 Å². The van der Waals surface area contributed by atoms with Crippen molar-refractivity contribution in [3.05, 3.63) is 102 Å². The number of carbonyl (C=O) groups excluding carboxylic acids is 2. The van der Waals surface area contributed by atoms with Crippen LogP contribution in [0.25, 0.3) is 11.5 Å². The van der Waals surface area contributed by atoms with E-state index in [1.807, 2.05) is 95.5 Å². The third-order valence-corrected chi connectivity index (χ3v) is 6.26. The van der Waals surface area contributed by atoms with Crippen molar-refractivity contribution in [1.29, 1.82) is 0 Å². The van der Waals surface area contributed by atoms with Crippen LogP contribution in [0.15, 0.2) is 83.5 Å². The summed E-state index contributed by atoms with van der Waals surface area (Å²) in [6, 6.07) is 21.2. The smallest absolute Gasteiger partial charge is 0.329 e. The van der Waals surface area contributed by atoms with Gasteiger partial charge >= 0.3 is 5.97 Å². The molecule has 0 aliphatic heterocycles. The van der Waals surface area contributed by atoms with Gasteiger partial charge in [0.15, 0.2) is 0 Å². The number of aryl methyl sites for hydroxylation is 1. The zero-order chi connectivity index (χ0) is 25.5. The average molecular weight is 486 g/mol. The molecule has 1 amide bonds. The minimum Gasteiger partial charge on any atom is -0.467 e. The second-order valence-corrected chi connectivity index (χ2v) is 8.77. The molecule has 1 atom stereocenters. The highest BCUT2D eigenvalue weighted by Gasteiger charge is 2.21. The van der Waals surface area contributed by atoms with Gasteiger partial charge in [-0.1, -0.05) is 42.5 Å². The molecule has 0 fully saturated rings. The summed E-state index contributed by atoms with van der Waals surface area (Å²) in [7, 11) is 1.40. The molecule has 36 heavy (non-hydrogen) atoms. The molecule has 4 rings (SSSR count). The van der Waals surface area contributed by atoms with Crippen molar-refractivity contribution < 1.29 is 18.7 Å². The van der Waals surface area contributed by atoms with E-state index in [1.165, 1.54) is 7.11 Å². The lowest BCUT2D eigenvalue weighted by Crippen LogP contribution is -2.30. The van der Waals surface area contributed by atoms with Crippen LogP contribution in [0.4, 0.5) is 0 Å². The molecule has 7 nitrogen and oxygen atoms in total. The molecule has 0 aliphatic rings. The van der Waals surface area contributed by atoms with Gasteiger partial charge in [-0.05, 0) is 42.3 Å². The van der Waals surface area contributed by atoms with Crippen LogP contribution in [0.2, 0.25) is 0 Å². The van der Waals surface area contributed by atoms with E-state index in [1.54, 1.807) is 6.92 Å². The van der Waals surface area contributed by atoms with Crippen LogP contribution in [0.5, 0.6) is 0 Å². The van der Waals surface area contributed by atoms with E-state index < -0.39 is 6.04 Å². The monoisotopic (exact) mass is 485 g/mol. The number of amides is 1. The summed E-state index contributed by atoms with van der Waals surface area (Å²) in [5, 5.41) is 0. The zero-order valence-corrected chi connectivity index (χ0v) is 20.9. The van der Waals surface area contributed by atoms with Gasteiger partial charge in [0.2, 0.25) is 11.8 Å². The summed E-state index contributed by atoms with van der Waals surface area (Å²) in [5.41, 5.74) is 3.83. The molecule has 4 aromatic rings. The van der Waals surface area contributed by atoms with Gasteiger partial charge in [0.1, 0.15) is 11.8 Å². The molecule has 2 aromatic carbocycles. The molecule has 0 radical (unpaired) electrons. The maximum Gasteiger partial charge on any atom is 0.329 e. The summed E-state index contributed by atoms with van der Waals surface area (Å²) in [6.45, 7) is 4.52. The molecule has 186 valence electrons. The van der Waals surface area contributed by atoms with E-state index in [4.69, 9.17) is 9.15 Å². The van der Waals surface area contributed by atoms with Crippen molar-refractivity contribution in [2.45, 2.75) is 39.3 Å². The van der Waals surface area contributed by atoms with Gasteiger partial charge in [-0.3, -0.25) is 4.79 Å².